The van der Waals surface area contributed by atoms with Gasteiger partial charge in [-0.1, -0.05) is 50.6 Å². The monoisotopic (exact) mass is 218 g/mol. The minimum Gasteiger partial charge on any atom is -0.299 e. The van der Waals surface area contributed by atoms with E-state index in [1.807, 2.05) is 6.07 Å². The van der Waals surface area contributed by atoms with E-state index < -0.39 is 0 Å². The number of unbranched alkanes of at least 4 members (excludes halogenated alkanes) is 1. The average Bonchev–Trinajstić information content (AvgIpc) is 2.34. The molecular weight excluding hydrogens is 196 g/mol. The van der Waals surface area contributed by atoms with Crippen LogP contribution in [0, 0.1) is 5.92 Å². The van der Waals surface area contributed by atoms with Gasteiger partial charge in [-0.05, 0) is 24.8 Å². The van der Waals surface area contributed by atoms with Gasteiger partial charge < -0.3 is 0 Å². The number of rotatable bonds is 7. The molecule has 1 rings (SSSR count). The predicted molar refractivity (Wildman–Crippen MR) is 68.5 cm³/mol. The zero-order valence-corrected chi connectivity index (χ0v) is 10.4. The van der Waals surface area contributed by atoms with Crippen molar-refractivity contribution in [1.29, 1.82) is 0 Å². The standard InChI is InChI=1S/C15H22O/c1-3-4-10-15(16)13(2)11-12-14-8-6-5-7-9-14/h5-9,13H,3-4,10-12H2,1-2H3. The maximum Gasteiger partial charge on any atom is 0.135 e. The van der Waals surface area contributed by atoms with Gasteiger partial charge in [0.25, 0.3) is 0 Å². The minimum atomic E-state index is 0.215. The van der Waals surface area contributed by atoms with Crippen LogP contribution in [0.15, 0.2) is 30.3 Å². The molecule has 0 aliphatic heterocycles. The number of hydrogen-bond donors (Lipinski definition) is 0. The third kappa shape index (κ3) is 4.61. The molecule has 1 aromatic carbocycles. The Hall–Kier alpha value is -1.11. The van der Waals surface area contributed by atoms with Gasteiger partial charge in [-0.15, -0.1) is 0 Å². The van der Waals surface area contributed by atoms with Crippen LogP contribution in [-0.4, -0.2) is 5.78 Å². The number of ketones is 1. The van der Waals surface area contributed by atoms with Crippen LogP contribution in [0.25, 0.3) is 0 Å². The zero-order chi connectivity index (χ0) is 11.8. The third-order valence-corrected chi connectivity index (χ3v) is 3.04. The van der Waals surface area contributed by atoms with Crippen LogP contribution >= 0.6 is 0 Å². The molecule has 0 saturated heterocycles. The first kappa shape index (κ1) is 13.0. The molecule has 1 aromatic rings. The van der Waals surface area contributed by atoms with Gasteiger partial charge in [0.2, 0.25) is 0 Å². The van der Waals surface area contributed by atoms with Gasteiger partial charge >= 0.3 is 0 Å². The summed E-state index contributed by atoms with van der Waals surface area (Å²) >= 11 is 0. The van der Waals surface area contributed by atoms with Crippen LogP contribution in [0.2, 0.25) is 0 Å². The van der Waals surface area contributed by atoms with E-state index in [9.17, 15) is 4.79 Å². The SMILES string of the molecule is CCCCC(=O)C(C)CCc1ccccc1. The minimum absolute atomic E-state index is 0.215. The smallest absolute Gasteiger partial charge is 0.135 e. The number of aryl methyl sites for hydroxylation is 1. The summed E-state index contributed by atoms with van der Waals surface area (Å²) < 4.78 is 0. The van der Waals surface area contributed by atoms with Crippen molar-refractivity contribution in [2.45, 2.75) is 46.0 Å². The van der Waals surface area contributed by atoms with E-state index >= 15 is 0 Å². The first-order chi connectivity index (χ1) is 7.74. The second kappa shape index (κ2) is 7.21. The average molecular weight is 218 g/mol. The highest BCUT2D eigenvalue weighted by atomic mass is 16.1. The van der Waals surface area contributed by atoms with Crippen LogP contribution in [-0.2, 0) is 11.2 Å². The van der Waals surface area contributed by atoms with Crippen molar-refractivity contribution in [1.82, 2.24) is 0 Å². The number of benzene rings is 1. The van der Waals surface area contributed by atoms with Crippen LogP contribution < -0.4 is 0 Å². The topological polar surface area (TPSA) is 17.1 Å². The summed E-state index contributed by atoms with van der Waals surface area (Å²) in [6.07, 6.45) is 4.89. The molecule has 0 spiro atoms. The van der Waals surface area contributed by atoms with Gasteiger partial charge in [0.05, 0.1) is 0 Å². The Morgan fingerprint density at radius 1 is 1.25 bits per heavy atom. The number of carbonyl (C=O) groups is 1. The van der Waals surface area contributed by atoms with E-state index in [1.165, 1.54) is 5.56 Å². The molecule has 88 valence electrons. The van der Waals surface area contributed by atoms with Crippen LogP contribution in [0.5, 0.6) is 0 Å². The van der Waals surface area contributed by atoms with Crippen molar-refractivity contribution in [2.24, 2.45) is 5.92 Å². The van der Waals surface area contributed by atoms with Crippen molar-refractivity contribution < 1.29 is 4.79 Å². The molecule has 16 heavy (non-hydrogen) atoms. The highest BCUT2D eigenvalue weighted by Gasteiger charge is 2.11. The Morgan fingerprint density at radius 2 is 1.94 bits per heavy atom. The first-order valence-electron chi connectivity index (χ1n) is 6.30. The lowest BCUT2D eigenvalue weighted by atomic mass is 9.94. The predicted octanol–water partition coefficient (Wildman–Crippen LogP) is 4.01. The molecule has 0 fully saturated rings. The Labute approximate surface area is 98.9 Å². The van der Waals surface area contributed by atoms with Gasteiger partial charge in [-0.25, -0.2) is 0 Å². The zero-order valence-electron chi connectivity index (χ0n) is 10.4. The molecule has 1 atom stereocenters. The summed E-state index contributed by atoms with van der Waals surface area (Å²) in [5.41, 5.74) is 1.33. The quantitative estimate of drug-likeness (QED) is 0.675. The molecule has 0 aromatic heterocycles. The highest BCUT2D eigenvalue weighted by Crippen LogP contribution is 2.13. The maximum absolute atomic E-state index is 11.7. The van der Waals surface area contributed by atoms with E-state index in [1.54, 1.807) is 0 Å². The summed E-state index contributed by atoms with van der Waals surface area (Å²) in [6, 6.07) is 10.4. The van der Waals surface area contributed by atoms with E-state index in [-0.39, 0.29) is 5.92 Å². The third-order valence-electron chi connectivity index (χ3n) is 3.04. The molecule has 0 aliphatic carbocycles. The molecule has 0 aliphatic rings. The lowest BCUT2D eigenvalue weighted by Gasteiger charge is -2.09. The second-order valence-electron chi connectivity index (χ2n) is 4.50. The largest absolute Gasteiger partial charge is 0.299 e. The molecule has 0 bridgehead atoms. The van der Waals surface area contributed by atoms with E-state index in [2.05, 4.69) is 38.1 Å². The van der Waals surface area contributed by atoms with Crippen molar-refractivity contribution in [3.8, 4) is 0 Å². The van der Waals surface area contributed by atoms with Crippen LogP contribution in [0.4, 0.5) is 0 Å². The molecular formula is C15H22O. The summed E-state index contributed by atoms with van der Waals surface area (Å²) in [5.74, 6) is 0.643. The Bertz CT molecular complexity index is 302. The fourth-order valence-corrected chi connectivity index (χ4v) is 1.79. The van der Waals surface area contributed by atoms with Crippen LogP contribution in [0.3, 0.4) is 0 Å². The Balaban J connectivity index is 2.29. The van der Waals surface area contributed by atoms with E-state index in [4.69, 9.17) is 0 Å². The molecule has 0 amide bonds. The summed E-state index contributed by atoms with van der Waals surface area (Å²) in [6.45, 7) is 4.18. The molecule has 1 heteroatoms. The van der Waals surface area contributed by atoms with Crippen molar-refractivity contribution in [2.75, 3.05) is 0 Å². The molecule has 0 saturated carbocycles. The fraction of sp³-hybridized carbons (Fsp3) is 0.533. The van der Waals surface area contributed by atoms with Gasteiger partial charge in [0.1, 0.15) is 5.78 Å². The van der Waals surface area contributed by atoms with Gasteiger partial charge in [-0.2, -0.15) is 0 Å². The molecule has 0 radical (unpaired) electrons. The molecule has 0 N–H and O–H groups in total. The second-order valence-corrected chi connectivity index (χ2v) is 4.50. The van der Waals surface area contributed by atoms with E-state index in [0.29, 0.717) is 5.78 Å². The number of hydrogen-bond acceptors (Lipinski definition) is 1. The summed E-state index contributed by atoms with van der Waals surface area (Å²) in [7, 11) is 0. The Kier molecular flexibility index (Phi) is 5.84. The van der Waals surface area contributed by atoms with Crippen molar-refractivity contribution >= 4 is 5.78 Å². The van der Waals surface area contributed by atoms with Crippen molar-refractivity contribution in [3.63, 3.8) is 0 Å². The summed E-state index contributed by atoms with van der Waals surface area (Å²) in [5, 5.41) is 0. The van der Waals surface area contributed by atoms with Crippen LogP contribution in [0.1, 0.15) is 45.1 Å². The summed E-state index contributed by atoms with van der Waals surface area (Å²) in [4.78, 5) is 11.7. The maximum atomic E-state index is 11.7. The number of Topliss-reactive ketones (excluding diaryl/α,β-unsaturated/α-hetero) is 1. The number of carbonyl (C=O) groups excluding carboxylic acids is 1. The lowest BCUT2D eigenvalue weighted by Crippen LogP contribution is -2.11. The van der Waals surface area contributed by atoms with Crippen molar-refractivity contribution in [3.05, 3.63) is 35.9 Å². The highest BCUT2D eigenvalue weighted by molar-refractivity contribution is 5.80. The lowest BCUT2D eigenvalue weighted by molar-refractivity contribution is -0.122. The first-order valence-corrected chi connectivity index (χ1v) is 6.30. The van der Waals surface area contributed by atoms with Gasteiger partial charge in [-0.3, -0.25) is 4.79 Å². The normalized spacial score (nSPS) is 12.4. The molecule has 1 nitrogen and oxygen atoms in total. The Morgan fingerprint density at radius 3 is 2.56 bits per heavy atom. The van der Waals surface area contributed by atoms with Gasteiger partial charge in [0.15, 0.2) is 0 Å². The van der Waals surface area contributed by atoms with E-state index in [0.717, 1.165) is 32.1 Å². The fourth-order valence-electron chi connectivity index (χ4n) is 1.79. The van der Waals surface area contributed by atoms with Gasteiger partial charge in [0, 0.05) is 12.3 Å². The molecule has 1 unspecified atom stereocenters. The molecule has 0 heterocycles.